The van der Waals surface area contributed by atoms with Gasteiger partial charge in [-0.1, -0.05) is 5.16 Å². The van der Waals surface area contributed by atoms with Crippen LogP contribution in [0.15, 0.2) is 5.16 Å². The van der Waals surface area contributed by atoms with E-state index < -0.39 is 11.8 Å². The number of ether oxygens (including phenoxy) is 2. The van der Waals surface area contributed by atoms with Gasteiger partial charge >= 0.3 is 11.8 Å². The highest BCUT2D eigenvalue weighted by Crippen LogP contribution is 2.24. The van der Waals surface area contributed by atoms with Crippen LogP contribution in [0.1, 0.15) is 13.3 Å². The molecule has 1 heterocycles. The van der Waals surface area contributed by atoms with Gasteiger partial charge in [0.25, 0.3) is 0 Å². The van der Waals surface area contributed by atoms with E-state index in [-0.39, 0.29) is 18.9 Å². The first-order valence-corrected chi connectivity index (χ1v) is 3.87. The number of methoxy groups -OCH3 is 1. The number of hydrogen-bond acceptors (Lipinski definition) is 6. The van der Waals surface area contributed by atoms with Crippen molar-refractivity contribution < 1.29 is 19.1 Å². The number of nitrogens with two attached hydrogens (primary N) is 1. The summed E-state index contributed by atoms with van der Waals surface area (Å²) in [7, 11) is 1.34. The molecule has 0 saturated carbocycles. The van der Waals surface area contributed by atoms with Gasteiger partial charge in [0.2, 0.25) is 0 Å². The lowest BCUT2D eigenvalue weighted by Gasteiger charge is -2.21. The van der Waals surface area contributed by atoms with Gasteiger partial charge in [-0.3, -0.25) is 0 Å². The highest BCUT2D eigenvalue weighted by Gasteiger charge is 2.48. The molecule has 0 aromatic heterocycles. The minimum Gasteiger partial charge on any atom is -0.461 e. The SMILES string of the molecule is CCOC(=O)C1(OC)CC(N)=NO1. The monoisotopic (exact) mass is 188 g/mol. The Hall–Kier alpha value is -1.30. The molecule has 1 unspecified atom stereocenters. The zero-order chi connectivity index (χ0) is 9.90. The summed E-state index contributed by atoms with van der Waals surface area (Å²) < 4.78 is 9.64. The zero-order valence-electron chi connectivity index (χ0n) is 7.57. The summed E-state index contributed by atoms with van der Waals surface area (Å²) >= 11 is 0. The number of esters is 1. The first kappa shape index (κ1) is 9.79. The molecule has 0 aromatic rings. The highest BCUT2D eigenvalue weighted by molar-refractivity contribution is 5.90. The van der Waals surface area contributed by atoms with Crippen LogP contribution in [-0.2, 0) is 19.1 Å². The van der Waals surface area contributed by atoms with Crippen molar-refractivity contribution in [2.75, 3.05) is 13.7 Å². The van der Waals surface area contributed by atoms with Gasteiger partial charge < -0.3 is 20.0 Å². The average molecular weight is 188 g/mol. The Bertz CT molecular complexity index is 241. The van der Waals surface area contributed by atoms with Crippen molar-refractivity contribution in [2.45, 2.75) is 19.1 Å². The summed E-state index contributed by atoms with van der Waals surface area (Å²) in [5.41, 5.74) is 5.36. The normalized spacial score (nSPS) is 26.5. The van der Waals surface area contributed by atoms with Crippen LogP contribution in [0, 0.1) is 0 Å². The molecule has 0 radical (unpaired) electrons. The van der Waals surface area contributed by atoms with E-state index in [4.69, 9.17) is 20.0 Å². The second-order valence-corrected chi connectivity index (χ2v) is 2.53. The molecule has 2 N–H and O–H groups in total. The second kappa shape index (κ2) is 3.61. The summed E-state index contributed by atoms with van der Waals surface area (Å²) in [4.78, 5) is 16.1. The maximum atomic E-state index is 11.3. The summed E-state index contributed by atoms with van der Waals surface area (Å²) in [5.74, 6) is -1.86. The van der Waals surface area contributed by atoms with Crippen LogP contribution in [0.25, 0.3) is 0 Å². The third kappa shape index (κ3) is 1.72. The van der Waals surface area contributed by atoms with Crippen molar-refractivity contribution in [1.29, 1.82) is 0 Å². The Morgan fingerprint density at radius 3 is 2.92 bits per heavy atom. The lowest BCUT2D eigenvalue weighted by Crippen LogP contribution is -2.43. The lowest BCUT2D eigenvalue weighted by molar-refractivity contribution is -0.229. The van der Waals surface area contributed by atoms with E-state index >= 15 is 0 Å². The summed E-state index contributed by atoms with van der Waals surface area (Å²) in [5, 5.41) is 3.43. The lowest BCUT2D eigenvalue weighted by atomic mass is 10.2. The van der Waals surface area contributed by atoms with Crippen LogP contribution in [0.2, 0.25) is 0 Å². The maximum absolute atomic E-state index is 11.3. The molecule has 0 aromatic carbocycles. The van der Waals surface area contributed by atoms with E-state index in [1.807, 2.05) is 0 Å². The number of hydrogen-bond donors (Lipinski definition) is 1. The minimum atomic E-state index is -1.47. The Labute approximate surface area is 75.6 Å². The molecule has 0 spiro atoms. The van der Waals surface area contributed by atoms with Gasteiger partial charge in [-0.05, 0) is 6.92 Å². The van der Waals surface area contributed by atoms with E-state index in [1.165, 1.54) is 7.11 Å². The topological polar surface area (TPSA) is 83.1 Å². The van der Waals surface area contributed by atoms with Crippen molar-refractivity contribution in [1.82, 2.24) is 0 Å². The molecule has 0 fully saturated rings. The summed E-state index contributed by atoms with van der Waals surface area (Å²) in [6.07, 6.45) is 0.0995. The molecule has 1 rings (SSSR count). The zero-order valence-corrected chi connectivity index (χ0v) is 7.57. The molecule has 1 atom stereocenters. The molecule has 0 bridgehead atoms. The number of oxime groups is 1. The molecule has 0 aliphatic carbocycles. The van der Waals surface area contributed by atoms with Crippen molar-refractivity contribution in [3.05, 3.63) is 0 Å². The molecule has 6 nitrogen and oxygen atoms in total. The maximum Gasteiger partial charge on any atom is 0.382 e. The molecular formula is C7H12N2O4. The average Bonchev–Trinajstić information content (AvgIpc) is 2.49. The van der Waals surface area contributed by atoms with Crippen molar-refractivity contribution in [3.63, 3.8) is 0 Å². The quantitative estimate of drug-likeness (QED) is 0.608. The molecule has 0 saturated heterocycles. The smallest absolute Gasteiger partial charge is 0.382 e. The van der Waals surface area contributed by atoms with Gasteiger partial charge in [0, 0.05) is 7.11 Å². The number of nitrogens with zero attached hydrogens (tertiary/aromatic N) is 1. The van der Waals surface area contributed by atoms with E-state index in [9.17, 15) is 4.79 Å². The fourth-order valence-electron chi connectivity index (χ4n) is 0.979. The van der Waals surface area contributed by atoms with Crippen LogP contribution < -0.4 is 5.73 Å². The Morgan fingerprint density at radius 2 is 2.54 bits per heavy atom. The third-order valence-corrected chi connectivity index (χ3v) is 1.64. The van der Waals surface area contributed by atoms with Crippen LogP contribution in [0.5, 0.6) is 0 Å². The van der Waals surface area contributed by atoms with E-state index in [0.29, 0.717) is 0 Å². The van der Waals surface area contributed by atoms with Crippen LogP contribution in [0.3, 0.4) is 0 Å². The molecule has 74 valence electrons. The van der Waals surface area contributed by atoms with Crippen LogP contribution in [-0.4, -0.2) is 31.3 Å². The number of carbonyl (C=O) groups is 1. The fraction of sp³-hybridized carbons (Fsp3) is 0.714. The number of amidine groups is 1. The van der Waals surface area contributed by atoms with Gasteiger partial charge in [-0.2, -0.15) is 0 Å². The van der Waals surface area contributed by atoms with Gasteiger partial charge in [-0.15, -0.1) is 0 Å². The number of carbonyl (C=O) groups excluding carboxylic acids is 1. The first-order chi connectivity index (χ1) is 6.14. The van der Waals surface area contributed by atoms with Crippen LogP contribution in [0.4, 0.5) is 0 Å². The largest absolute Gasteiger partial charge is 0.461 e. The van der Waals surface area contributed by atoms with E-state index in [0.717, 1.165) is 0 Å². The molecule has 13 heavy (non-hydrogen) atoms. The summed E-state index contributed by atoms with van der Waals surface area (Å²) in [6.45, 7) is 1.95. The first-order valence-electron chi connectivity index (χ1n) is 3.87. The second-order valence-electron chi connectivity index (χ2n) is 2.53. The van der Waals surface area contributed by atoms with E-state index in [1.54, 1.807) is 6.92 Å². The minimum absolute atomic E-state index is 0.0995. The van der Waals surface area contributed by atoms with Crippen molar-refractivity contribution in [2.24, 2.45) is 10.9 Å². The van der Waals surface area contributed by atoms with Gasteiger partial charge in [0.15, 0.2) is 0 Å². The Kier molecular flexibility index (Phi) is 2.72. The van der Waals surface area contributed by atoms with Crippen molar-refractivity contribution >= 4 is 11.8 Å². The summed E-state index contributed by atoms with van der Waals surface area (Å²) in [6, 6.07) is 0. The number of rotatable bonds is 3. The Balaban J connectivity index is 2.67. The van der Waals surface area contributed by atoms with Crippen molar-refractivity contribution in [3.8, 4) is 0 Å². The predicted molar refractivity (Wildman–Crippen MR) is 43.7 cm³/mol. The van der Waals surface area contributed by atoms with Gasteiger partial charge in [-0.25, -0.2) is 4.79 Å². The third-order valence-electron chi connectivity index (χ3n) is 1.64. The van der Waals surface area contributed by atoms with Gasteiger partial charge in [0.1, 0.15) is 5.84 Å². The molecule has 1 aliphatic rings. The molecular weight excluding hydrogens is 176 g/mol. The Morgan fingerprint density at radius 1 is 1.85 bits per heavy atom. The molecule has 6 heteroatoms. The molecule has 1 aliphatic heterocycles. The predicted octanol–water partition coefficient (Wildman–Crippen LogP) is -0.415. The van der Waals surface area contributed by atoms with Crippen LogP contribution >= 0.6 is 0 Å². The standard InChI is InChI=1S/C7H12N2O4/c1-3-12-6(10)7(11-2)4-5(8)9-13-7/h3-4H2,1-2H3,(H2,8,9). The van der Waals surface area contributed by atoms with Gasteiger partial charge in [0.05, 0.1) is 13.0 Å². The molecule has 0 amide bonds. The highest BCUT2D eigenvalue weighted by atomic mass is 16.8. The van der Waals surface area contributed by atoms with E-state index in [2.05, 4.69) is 5.16 Å². The fourth-order valence-corrected chi connectivity index (χ4v) is 0.979.